The van der Waals surface area contributed by atoms with Crippen LogP contribution in [0.3, 0.4) is 0 Å². The van der Waals surface area contributed by atoms with E-state index in [0.717, 1.165) is 22.5 Å². The average molecular weight is 388 g/mol. The molecule has 0 fully saturated rings. The molecule has 6 heteroatoms. The van der Waals surface area contributed by atoms with E-state index in [1.807, 2.05) is 41.2 Å². The number of carbonyl (C=O) groups excluding carboxylic acids is 1. The highest BCUT2D eigenvalue weighted by molar-refractivity contribution is 5.98. The summed E-state index contributed by atoms with van der Waals surface area (Å²) in [5.74, 6) is 0.972. The van der Waals surface area contributed by atoms with Gasteiger partial charge in [0.05, 0.1) is 31.5 Å². The number of ketones is 1. The first kappa shape index (κ1) is 19.1. The average Bonchev–Trinajstić information content (AvgIpc) is 3.38. The van der Waals surface area contributed by atoms with Gasteiger partial charge in [-0.2, -0.15) is 5.10 Å². The zero-order valence-corrected chi connectivity index (χ0v) is 16.7. The monoisotopic (exact) mass is 388 g/mol. The number of aromatic nitrogens is 3. The van der Waals surface area contributed by atoms with E-state index in [2.05, 4.69) is 29.1 Å². The summed E-state index contributed by atoms with van der Waals surface area (Å²) in [4.78, 5) is 22.0. The van der Waals surface area contributed by atoms with Crippen LogP contribution < -0.4 is 0 Å². The van der Waals surface area contributed by atoms with Crippen molar-refractivity contribution in [2.24, 2.45) is 4.99 Å². The highest BCUT2D eigenvalue weighted by Gasteiger charge is 2.24. The van der Waals surface area contributed by atoms with Gasteiger partial charge in [-0.25, -0.2) is 4.99 Å². The molecule has 148 valence electrons. The van der Waals surface area contributed by atoms with Crippen LogP contribution in [0.25, 0.3) is 0 Å². The summed E-state index contributed by atoms with van der Waals surface area (Å²) in [6, 6.07) is 14.0. The topological polar surface area (TPSA) is 69.4 Å². The molecule has 1 aromatic carbocycles. The largest absolute Gasteiger partial charge is 0.481 e. The summed E-state index contributed by atoms with van der Waals surface area (Å²) in [6.45, 7) is 3.15. The molecule has 0 saturated heterocycles. The van der Waals surface area contributed by atoms with Crippen LogP contribution in [0.5, 0.6) is 0 Å². The molecule has 29 heavy (non-hydrogen) atoms. The standard InChI is InChI=1S/C23H24N4O2/c1-16(17-7-4-3-5-8-17)11-20(28)13-19-12-18-14-24-23(29-2)22(18)21(26-19)15-27-10-6-9-25-27/h3-10,12,16H,11,13-15H2,1-2H3/t16-/m0/s1. The number of fused-ring (bicyclic) bond motifs is 1. The maximum atomic E-state index is 12.7. The number of benzene rings is 1. The van der Waals surface area contributed by atoms with Crippen LogP contribution in [0.2, 0.25) is 0 Å². The zero-order chi connectivity index (χ0) is 20.2. The number of rotatable bonds is 7. The van der Waals surface area contributed by atoms with E-state index in [1.165, 1.54) is 5.56 Å². The molecule has 0 N–H and O–H groups in total. The second-order valence-corrected chi connectivity index (χ2v) is 7.35. The lowest BCUT2D eigenvalue weighted by Gasteiger charge is -2.13. The number of carbonyl (C=O) groups is 1. The molecule has 1 atom stereocenters. The van der Waals surface area contributed by atoms with E-state index in [4.69, 9.17) is 9.72 Å². The third-order valence-corrected chi connectivity index (χ3v) is 5.18. The first-order chi connectivity index (χ1) is 14.1. The van der Waals surface area contributed by atoms with Crippen molar-refractivity contribution in [2.75, 3.05) is 7.11 Å². The van der Waals surface area contributed by atoms with Crippen LogP contribution in [-0.4, -0.2) is 33.6 Å². The molecule has 0 radical (unpaired) electrons. The van der Waals surface area contributed by atoms with E-state index in [1.54, 1.807) is 13.3 Å². The van der Waals surface area contributed by atoms with Gasteiger partial charge in [-0.3, -0.25) is 14.5 Å². The van der Waals surface area contributed by atoms with Crippen LogP contribution in [0.15, 0.2) is 59.9 Å². The van der Waals surface area contributed by atoms with Gasteiger partial charge >= 0.3 is 0 Å². The third kappa shape index (κ3) is 4.26. The molecule has 3 aromatic rings. The predicted molar refractivity (Wildman–Crippen MR) is 111 cm³/mol. The van der Waals surface area contributed by atoms with Crippen molar-refractivity contribution in [1.82, 2.24) is 14.8 Å². The summed E-state index contributed by atoms with van der Waals surface area (Å²) in [7, 11) is 1.62. The number of hydrogen-bond acceptors (Lipinski definition) is 5. The quantitative estimate of drug-likeness (QED) is 0.621. The van der Waals surface area contributed by atoms with Gasteiger partial charge in [0.15, 0.2) is 0 Å². The lowest BCUT2D eigenvalue weighted by molar-refractivity contribution is -0.118. The maximum Gasteiger partial charge on any atom is 0.218 e. The molecule has 4 rings (SSSR count). The fraction of sp³-hybridized carbons (Fsp3) is 0.304. The van der Waals surface area contributed by atoms with Gasteiger partial charge in [-0.1, -0.05) is 37.3 Å². The van der Waals surface area contributed by atoms with E-state index in [-0.39, 0.29) is 11.7 Å². The SMILES string of the molecule is COC1=NCc2cc(CC(=O)C[C@H](C)c3ccccc3)nc(Cn3cccn3)c21. The molecule has 1 aliphatic heterocycles. The van der Waals surface area contributed by atoms with Gasteiger partial charge in [-0.05, 0) is 29.2 Å². The van der Waals surface area contributed by atoms with Crippen molar-refractivity contribution in [2.45, 2.75) is 38.8 Å². The first-order valence-corrected chi connectivity index (χ1v) is 9.78. The third-order valence-electron chi connectivity index (χ3n) is 5.18. The second-order valence-electron chi connectivity index (χ2n) is 7.35. The van der Waals surface area contributed by atoms with Gasteiger partial charge in [0.1, 0.15) is 5.78 Å². The van der Waals surface area contributed by atoms with Crippen LogP contribution in [0, 0.1) is 0 Å². The van der Waals surface area contributed by atoms with E-state index >= 15 is 0 Å². The van der Waals surface area contributed by atoms with Crippen LogP contribution in [-0.2, 0) is 29.0 Å². The number of ether oxygens (including phenoxy) is 1. The Morgan fingerprint density at radius 3 is 2.79 bits per heavy atom. The minimum absolute atomic E-state index is 0.185. The lowest BCUT2D eigenvalue weighted by atomic mass is 9.94. The molecule has 0 amide bonds. The fourth-order valence-electron chi connectivity index (χ4n) is 3.78. The smallest absolute Gasteiger partial charge is 0.218 e. The Hall–Kier alpha value is -3.28. The molecule has 2 aromatic heterocycles. The summed E-state index contributed by atoms with van der Waals surface area (Å²) in [5.41, 5.74) is 4.78. The Bertz CT molecular complexity index is 1030. The van der Waals surface area contributed by atoms with Gasteiger partial charge in [0, 0.05) is 30.9 Å². The van der Waals surface area contributed by atoms with Crippen molar-refractivity contribution in [1.29, 1.82) is 0 Å². The Balaban J connectivity index is 1.54. The summed E-state index contributed by atoms with van der Waals surface area (Å²) >= 11 is 0. The fourth-order valence-corrected chi connectivity index (χ4v) is 3.78. The second kappa shape index (κ2) is 8.39. The van der Waals surface area contributed by atoms with Crippen molar-refractivity contribution < 1.29 is 9.53 Å². The minimum atomic E-state index is 0.185. The molecule has 0 saturated carbocycles. The van der Waals surface area contributed by atoms with Gasteiger partial charge in [-0.15, -0.1) is 0 Å². The lowest BCUT2D eigenvalue weighted by Crippen LogP contribution is -2.15. The molecular weight excluding hydrogens is 364 g/mol. The number of Topliss-reactive ketones (excluding diaryl/α,β-unsaturated/α-hetero) is 1. The molecule has 0 unspecified atom stereocenters. The molecule has 1 aliphatic rings. The summed E-state index contributed by atoms with van der Waals surface area (Å²) in [5, 5.41) is 4.28. The maximum absolute atomic E-state index is 12.7. The minimum Gasteiger partial charge on any atom is -0.481 e. The van der Waals surface area contributed by atoms with E-state index in [0.29, 0.717) is 31.8 Å². The van der Waals surface area contributed by atoms with Crippen LogP contribution in [0.4, 0.5) is 0 Å². The number of hydrogen-bond donors (Lipinski definition) is 0. The molecular formula is C23H24N4O2. The predicted octanol–water partition coefficient (Wildman–Crippen LogP) is 3.54. The summed E-state index contributed by atoms with van der Waals surface area (Å²) < 4.78 is 7.25. The summed E-state index contributed by atoms with van der Waals surface area (Å²) in [6.07, 6.45) is 4.45. The van der Waals surface area contributed by atoms with Crippen molar-refractivity contribution in [3.8, 4) is 0 Å². The Labute approximate surface area is 170 Å². The molecule has 0 spiro atoms. The molecule has 0 aliphatic carbocycles. The number of nitrogens with zero attached hydrogens (tertiary/aromatic N) is 4. The number of aliphatic imine (C=N–C) groups is 1. The highest BCUT2D eigenvalue weighted by Crippen LogP contribution is 2.25. The Kier molecular flexibility index (Phi) is 5.51. The van der Waals surface area contributed by atoms with E-state index < -0.39 is 0 Å². The van der Waals surface area contributed by atoms with Crippen LogP contribution in [0.1, 0.15) is 47.3 Å². The Morgan fingerprint density at radius 1 is 1.24 bits per heavy atom. The zero-order valence-electron chi connectivity index (χ0n) is 16.7. The van der Waals surface area contributed by atoms with Crippen molar-refractivity contribution in [3.63, 3.8) is 0 Å². The highest BCUT2D eigenvalue weighted by atomic mass is 16.5. The first-order valence-electron chi connectivity index (χ1n) is 9.78. The number of pyridine rings is 1. The van der Waals surface area contributed by atoms with Crippen LogP contribution >= 0.6 is 0 Å². The van der Waals surface area contributed by atoms with Crippen molar-refractivity contribution in [3.05, 3.63) is 82.9 Å². The number of methoxy groups -OCH3 is 1. The molecule has 6 nitrogen and oxygen atoms in total. The van der Waals surface area contributed by atoms with E-state index in [9.17, 15) is 4.79 Å². The van der Waals surface area contributed by atoms with Gasteiger partial charge < -0.3 is 4.74 Å². The normalized spacial score (nSPS) is 13.7. The Morgan fingerprint density at radius 2 is 2.07 bits per heavy atom. The molecule has 3 heterocycles. The molecule has 0 bridgehead atoms. The van der Waals surface area contributed by atoms with Gasteiger partial charge in [0.25, 0.3) is 0 Å². The van der Waals surface area contributed by atoms with Crippen molar-refractivity contribution >= 4 is 11.7 Å². The van der Waals surface area contributed by atoms with Gasteiger partial charge in [0.2, 0.25) is 5.90 Å².